The lowest BCUT2D eigenvalue weighted by Gasteiger charge is -2.41. The van der Waals surface area contributed by atoms with E-state index in [1.165, 1.54) is 17.5 Å². The average molecular weight is 659 g/mol. The number of nitrogens with one attached hydrogen (secondary N) is 1. The van der Waals surface area contributed by atoms with Crippen LogP contribution in [0.3, 0.4) is 0 Å². The minimum Gasteiger partial charge on any atom is -0.497 e. The van der Waals surface area contributed by atoms with Gasteiger partial charge in [-0.1, -0.05) is 32.3 Å². The van der Waals surface area contributed by atoms with Gasteiger partial charge in [-0.25, -0.2) is 13.1 Å². The predicted molar refractivity (Wildman–Crippen MR) is 182 cm³/mol. The van der Waals surface area contributed by atoms with Crippen molar-refractivity contribution < 1.29 is 22.7 Å². The minimum atomic E-state index is -3.71. The summed E-state index contributed by atoms with van der Waals surface area (Å²) in [7, 11) is 0.133. The van der Waals surface area contributed by atoms with E-state index in [0.717, 1.165) is 79.5 Å². The van der Waals surface area contributed by atoms with Crippen LogP contribution in [0, 0.1) is 0 Å². The van der Waals surface area contributed by atoms with Crippen LogP contribution >= 0.6 is 0 Å². The van der Waals surface area contributed by atoms with E-state index in [4.69, 9.17) is 4.74 Å². The van der Waals surface area contributed by atoms with Gasteiger partial charge in [0.05, 0.1) is 23.6 Å². The molecule has 2 saturated heterocycles. The zero-order valence-corrected chi connectivity index (χ0v) is 28.5. The van der Waals surface area contributed by atoms with E-state index in [1.807, 2.05) is 18.2 Å². The summed E-state index contributed by atoms with van der Waals surface area (Å²) < 4.78 is 35.8. The first-order chi connectivity index (χ1) is 22.6. The number of fused-ring (bicyclic) bond motifs is 7. The number of piperazine rings is 1. The number of ether oxygens (including phenoxy) is 1. The first-order valence-electron chi connectivity index (χ1n) is 17.6. The lowest BCUT2D eigenvalue weighted by molar-refractivity contribution is -0.140. The van der Waals surface area contributed by atoms with Gasteiger partial charge < -0.3 is 19.1 Å². The molecule has 1 aromatic heterocycles. The Balaban J connectivity index is 1.35. The van der Waals surface area contributed by atoms with Crippen LogP contribution in [0.4, 0.5) is 0 Å². The highest BCUT2D eigenvalue weighted by Crippen LogP contribution is 2.51. The summed E-state index contributed by atoms with van der Waals surface area (Å²) >= 11 is 0. The fourth-order valence-corrected chi connectivity index (χ4v) is 10.5. The number of benzene rings is 2. The van der Waals surface area contributed by atoms with Crippen molar-refractivity contribution in [1.82, 2.24) is 19.1 Å². The predicted octanol–water partition coefficient (Wildman–Crippen LogP) is 5.94. The molecule has 47 heavy (non-hydrogen) atoms. The van der Waals surface area contributed by atoms with Gasteiger partial charge in [-0.3, -0.25) is 9.59 Å². The van der Waals surface area contributed by atoms with E-state index in [1.54, 1.807) is 13.2 Å². The third-order valence-electron chi connectivity index (χ3n) is 11.7. The van der Waals surface area contributed by atoms with Crippen LogP contribution < -0.4 is 9.46 Å². The number of likely N-dealkylation sites (tertiary alicyclic amines) is 1. The van der Waals surface area contributed by atoms with Crippen LogP contribution in [0.5, 0.6) is 5.75 Å². The standard InChI is InChI=1S/C37H46N4O5S/c1-22-17-33(37(43)40-25-10-11-26(40)21-39(2)20-25)41-32-18-24(36(42)38-47(44,45)28-13-14-28)9-15-30(32)34(23-7-5-4-6-8-23)35(41)29-16-12-27(46-3)19-31(22)29/h9,12,15-16,18-19,22-23,25-26,28,33H,4-8,10-11,13-14,17,20-21H2,1-3H3,(H,38,42). The molecule has 3 aliphatic heterocycles. The topological polar surface area (TPSA) is 101 Å². The SMILES string of the molecule is COc1ccc2c(c1)C(C)CC(C(=O)N1C3CCC1CN(C)C3)n1c-2c(C2CCCCC2)c2ccc(C(=O)NS(=O)(=O)C3CC3)cc21. The van der Waals surface area contributed by atoms with Gasteiger partial charge in [0.2, 0.25) is 15.9 Å². The summed E-state index contributed by atoms with van der Waals surface area (Å²) in [6.45, 7) is 3.98. The molecule has 4 fully saturated rings. The van der Waals surface area contributed by atoms with Gasteiger partial charge in [0, 0.05) is 41.7 Å². The van der Waals surface area contributed by atoms with E-state index in [9.17, 15) is 13.2 Å². The smallest absolute Gasteiger partial charge is 0.264 e. The van der Waals surface area contributed by atoms with Crippen LogP contribution in [0.25, 0.3) is 22.2 Å². The molecule has 4 unspecified atom stereocenters. The van der Waals surface area contributed by atoms with Crippen LogP contribution in [-0.2, 0) is 14.8 Å². The van der Waals surface area contributed by atoms with Crippen molar-refractivity contribution in [2.45, 2.75) is 106 Å². The first kappa shape index (κ1) is 30.9. The second kappa shape index (κ2) is 11.7. The van der Waals surface area contributed by atoms with Gasteiger partial charge in [-0.15, -0.1) is 0 Å². The number of amides is 2. The van der Waals surface area contributed by atoms with Crippen LogP contribution in [0.2, 0.25) is 0 Å². The first-order valence-corrected chi connectivity index (χ1v) is 19.1. The van der Waals surface area contributed by atoms with Crippen molar-refractivity contribution in [2.75, 3.05) is 27.2 Å². The zero-order valence-electron chi connectivity index (χ0n) is 27.7. The van der Waals surface area contributed by atoms with Gasteiger partial charge in [-0.2, -0.15) is 0 Å². The Morgan fingerprint density at radius 3 is 2.32 bits per heavy atom. The van der Waals surface area contributed by atoms with Crippen LogP contribution in [-0.4, -0.2) is 79.2 Å². The molecule has 2 bridgehead atoms. The monoisotopic (exact) mass is 658 g/mol. The molecule has 9 nitrogen and oxygen atoms in total. The summed E-state index contributed by atoms with van der Waals surface area (Å²) in [5.74, 6) is 0.771. The van der Waals surface area contributed by atoms with Crippen molar-refractivity contribution in [1.29, 1.82) is 0 Å². The number of aromatic nitrogens is 1. The van der Waals surface area contributed by atoms with E-state index >= 15 is 4.79 Å². The van der Waals surface area contributed by atoms with Crippen molar-refractivity contribution in [3.63, 3.8) is 0 Å². The summed E-state index contributed by atoms with van der Waals surface area (Å²) in [6.07, 6.45) is 9.54. The second-order valence-electron chi connectivity index (χ2n) is 14.8. The van der Waals surface area contributed by atoms with E-state index in [-0.39, 0.29) is 23.9 Å². The lowest BCUT2D eigenvalue weighted by Crippen LogP contribution is -2.56. The number of sulfonamides is 1. The highest BCUT2D eigenvalue weighted by Gasteiger charge is 2.46. The Kier molecular flexibility index (Phi) is 7.67. The Labute approximate surface area is 277 Å². The Hall–Kier alpha value is -3.37. The molecule has 2 amide bonds. The molecule has 10 heteroatoms. The molecular formula is C37H46N4O5S. The number of likely N-dealkylation sites (N-methyl/N-ethyl adjacent to an activating group) is 1. The molecule has 2 aromatic carbocycles. The third-order valence-corrected chi connectivity index (χ3v) is 13.5. The third kappa shape index (κ3) is 5.26. The number of rotatable bonds is 6. The molecule has 0 radical (unpaired) electrons. The molecule has 3 aromatic rings. The molecule has 0 spiro atoms. The van der Waals surface area contributed by atoms with Crippen molar-refractivity contribution >= 4 is 32.7 Å². The van der Waals surface area contributed by atoms with E-state index in [0.29, 0.717) is 30.7 Å². The average Bonchev–Trinajstić information content (AvgIpc) is 3.85. The van der Waals surface area contributed by atoms with Crippen LogP contribution in [0.15, 0.2) is 36.4 Å². The summed E-state index contributed by atoms with van der Waals surface area (Å²) in [6, 6.07) is 11.9. The molecule has 8 rings (SSSR count). The van der Waals surface area contributed by atoms with Gasteiger partial charge in [-0.05, 0) is 105 Å². The number of hydrogen-bond donors (Lipinski definition) is 1. The highest BCUT2D eigenvalue weighted by molar-refractivity contribution is 7.91. The molecule has 4 atom stereocenters. The summed E-state index contributed by atoms with van der Waals surface area (Å²) in [5.41, 5.74) is 5.78. The Morgan fingerprint density at radius 2 is 1.64 bits per heavy atom. The van der Waals surface area contributed by atoms with Crippen molar-refractivity contribution in [3.05, 3.63) is 53.1 Å². The van der Waals surface area contributed by atoms with Gasteiger partial charge in [0.15, 0.2) is 0 Å². The van der Waals surface area contributed by atoms with Crippen LogP contribution in [0.1, 0.15) is 110 Å². The molecule has 1 N–H and O–H groups in total. The largest absolute Gasteiger partial charge is 0.497 e. The maximum absolute atomic E-state index is 15.1. The number of nitrogens with zero attached hydrogens (tertiary/aromatic N) is 3. The van der Waals surface area contributed by atoms with Gasteiger partial charge in [0.25, 0.3) is 5.91 Å². The summed E-state index contributed by atoms with van der Waals surface area (Å²) in [5, 5.41) is 0.567. The normalized spacial score (nSPS) is 26.5. The number of methoxy groups -OCH3 is 1. The fourth-order valence-electron chi connectivity index (χ4n) is 9.25. The lowest BCUT2D eigenvalue weighted by atomic mass is 9.80. The molecule has 250 valence electrons. The van der Waals surface area contributed by atoms with E-state index < -0.39 is 27.2 Å². The molecule has 2 aliphatic carbocycles. The van der Waals surface area contributed by atoms with Crippen molar-refractivity contribution in [3.8, 4) is 17.0 Å². The number of carbonyl (C=O) groups excluding carboxylic acids is 2. The molecular weight excluding hydrogens is 612 g/mol. The summed E-state index contributed by atoms with van der Waals surface area (Å²) in [4.78, 5) is 33.1. The highest BCUT2D eigenvalue weighted by atomic mass is 32.2. The quantitative estimate of drug-likeness (QED) is 0.352. The molecule has 5 aliphatic rings. The number of carbonyl (C=O) groups is 2. The van der Waals surface area contributed by atoms with Gasteiger partial charge in [0.1, 0.15) is 11.8 Å². The Morgan fingerprint density at radius 1 is 0.915 bits per heavy atom. The second-order valence-corrected chi connectivity index (χ2v) is 16.8. The maximum atomic E-state index is 15.1. The van der Waals surface area contributed by atoms with Crippen molar-refractivity contribution in [2.24, 2.45) is 0 Å². The van der Waals surface area contributed by atoms with Gasteiger partial charge >= 0.3 is 0 Å². The maximum Gasteiger partial charge on any atom is 0.264 e. The molecule has 4 heterocycles. The Bertz CT molecular complexity index is 1840. The minimum absolute atomic E-state index is 0.0866. The van der Waals surface area contributed by atoms with E-state index in [2.05, 4.69) is 45.2 Å². The zero-order chi connectivity index (χ0) is 32.6. The fraction of sp³-hybridized carbons (Fsp3) is 0.568. The molecule has 2 saturated carbocycles. The number of hydrogen-bond acceptors (Lipinski definition) is 6.